The van der Waals surface area contributed by atoms with E-state index < -0.39 is 17.6 Å². The van der Waals surface area contributed by atoms with E-state index in [9.17, 15) is 22.4 Å². The van der Waals surface area contributed by atoms with Crippen LogP contribution < -0.4 is 15.0 Å². The van der Waals surface area contributed by atoms with Crippen LogP contribution in [0.5, 0.6) is 17.5 Å². The topological polar surface area (TPSA) is 82.0 Å². The highest BCUT2D eigenvalue weighted by Gasteiger charge is 2.59. The SMILES string of the molecule is CCCn1c(Oc2cccc(F)c2)nc2nc(C34CC5CC(CC(COc6cccc(C(F)(F)F)c6)(C5)C3)C4)[nH]c2c1=O. The molecule has 7 nitrogen and oxygen atoms in total. The van der Waals surface area contributed by atoms with E-state index in [1.165, 1.54) is 28.8 Å². The Morgan fingerprint density at radius 2 is 1.77 bits per heavy atom. The molecule has 2 unspecified atom stereocenters. The summed E-state index contributed by atoms with van der Waals surface area (Å²) in [5.74, 6) is 1.59. The molecule has 2 heterocycles. The lowest BCUT2D eigenvalue weighted by molar-refractivity contribution is -0.137. The number of hydrogen-bond donors (Lipinski definition) is 1. The van der Waals surface area contributed by atoms with Crippen LogP contribution in [-0.4, -0.2) is 26.1 Å². The first-order valence-corrected chi connectivity index (χ1v) is 14.8. The second-order valence-electron chi connectivity index (χ2n) is 12.8. The lowest BCUT2D eigenvalue weighted by Crippen LogP contribution is -2.56. The van der Waals surface area contributed by atoms with E-state index in [1.54, 1.807) is 12.1 Å². The maximum Gasteiger partial charge on any atom is 0.416 e. The number of H-pyrrole nitrogens is 1. The molecule has 0 radical (unpaired) electrons. The molecule has 4 aromatic rings. The summed E-state index contributed by atoms with van der Waals surface area (Å²) in [6.45, 7) is 2.64. The standard InChI is InChI=1S/C32H32F4N4O3/c1-2-9-40-27(41)25-26(39-29(40)43-24-8-4-6-22(33)12-24)38-28(37-25)31-15-19-10-20(16-31)14-30(13-19,17-31)18-42-23-7-3-5-21(11-23)32(34,35)36/h3-8,11-12,19-20H,2,9-10,13-18H2,1H3,(H,37,38). The van der Waals surface area contributed by atoms with Crippen LogP contribution in [0, 0.1) is 23.1 Å². The molecule has 4 fully saturated rings. The van der Waals surface area contributed by atoms with Gasteiger partial charge in [0.15, 0.2) is 11.2 Å². The Morgan fingerprint density at radius 1 is 1.02 bits per heavy atom. The van der Waals surface area contributed by atoms with Gasteiger partial charge in [-0.1, -0.05) is 19.1 Å². The average Bonchev–Trinajstić information content (AvgIpc) is 3.39. The molecule has 4 saturated carbocycles. The van der Waals surface area contributed by atoms with Crippen molar-refractivity contribution in [2.45, 2.75) is 70.0 Å². The third kappa shape index (κ3) is 5.06. The Bertz CT molecular complexity index is 1730. The number of hydrogen-bond acceptors (Lipinski definition) is 5. The van der Waals surface area contributed by atoms with Crippen molar-refractivity contribution in [2.75, 3.05) is 6.61 Å². The smallest absolute Gasteiger partial charge is 0.416 e. The van der Waals surface area contributed by atoms with Gasteiger partial charge in [-0.25, -0.2) is 9.37 Å². The van der Waals surface area contributed by atoms with Crippen LogP contribution in [0.3, 0.4) is 0 Å². The lowest BCUT2D eigenvalue weighted by atomic mass is 9.44. The van der Waals surface area contributed by atoms with E-state index in [-0.39, 0.29) is 39.5 Å². The summed E-state index contributed by atoms with van der Waals surface area (Å²) in [7, 11) is 0. The number of benzene rings is 2. The van der Waals surface area contributed by atoms with Crippen LogP contribution in [0.15, 0.2) is 53.3 Å². The minimum Gasteiger partial charge on any atom is -0.493 e. The van der Waals surface area contributed by atoms with Crippen molar-refractivity contribution in [1.82, 2.24) is 19.5 Å². The molecule has 8 rings (SSSR count). The summed E-state index contributed by atoms with van der Waals surface area (Å²) in [5.41, 5.74) is -0.976. The quantitative estimate of drug-likeness (QED) is 0.215. The van der Waals surface area contributed by atoms with Crippen LogP contribution in [0.1, 0.15) is 63.3 Å². The van der Waals surface area contributed by atoms with Gasteiger partial charge in [0.2, 0.25) is 0 Å². The van der Waals surface area contributed by atoms with E-state index in [2.05, 4.69) is 9.97 Å². The molecular weight excluding hydrogens is 564 g/mol. The van der Waals surface area contributed by atoms with Crippen LogP contribution in [0.2, 0.25) is 0 Å². The molecule has 0 amide bonds. The fourth-order valence-electron chi connectivity index (χ4n) is 8.25. The van der Waals surface area contributed by atoms with Crippen LogP contribution >= 0.6 is 0 Å². The zero-order valence-electron chi connectivity index (χ0n) is 23.7. The van der Waals surface area contributed by atoms with E-state index in [0.717, 1.165) is 56.5 Å². The van der Waals surface area contributed by atoms with Crippen molar-refractivity contribution >= 4 is 11.2 Å². The highest BCUT2D eigenvalue weighted by atomic mass is 19.4. The van der Waals surface area contributed by atoms with Gasteiger partial charge < -0.3 is 14.5 Å². The van der Waals surface area contributed by atoms with E-state index >= 15 is 0 Å². The van der Waals surface area contributed by atoms with E-state index in [0.29, 0.717) is 36.9 Å². The molecule has 2 aromatic heterocycles. The molecule has 0 spiro atoms. The Balaban J connectivity index is 1.21. The van der Waals surface area contributed by atoms with Crippen LogP contribution in [-0.2, 0) is 18.1 Å². The zero-order valence-corrected chi connectivity index (χ0v) is 23.7. The molecule has 0 aliphatic heterocycles. The second-order valence-corrected chi connectivity index (χ2v) is 12.8. The Labute approximate surface area is 245 Å². The number of rotatable bonds is 8. The molecule has 226 valence electrons. The average molecular weight is 597 g/mol. The summed E-state index contributed by atoms with van der Waals surface area (Å²) in [5, 5.41) is 0. The molecule has 1 N–H and O–H groups in total. The predicted molar refractivity (Wildman–Crippen MR) is 151 cm³/mol. The van der Waals surface area contributed by atoms with Gasteiger partial charge in [-0.05, 0) is 87.1 Å². The second kappa shape index (κ2) is 10.1. The van der Waals surface area contributed by atoms with Gasteiger partial charge in [-0.2, -0.15) is 18.2 Å². The van der Waals surface area contributed by atoms with Crippen molar-refractivity contribution < 1.29 is 27.0 Å². The maximum absolute atomic E-state index is 13.8. The predicted octanol–water partition coefficient (Wildman–Crippen LogP) is 7.40. The summed E-state index contributed by atoms with van der Waals surface area (Å²) in [4.78, 5) is 26.5. The fraction of sp³-hybridized carbons (Fsp3) is 0.469. The van der Waals surface area contributed by atoms with Crippen molar-refractivity contribution in [2.24, 2.45) is 17.3 Å². The normalized spacial score (nSPS) is 26.3. The lowest BCUT2D eigenvalue weighted by Gasteiger charge is -2.61. The third-order valence-electron chi connectivity index (χ3n) is 9.42. The number of aromatic nitrogens is 4. The summed E-state index contributed by atoms with van der Waals surface area (Å²) in [6, 6.07) is 10.8. The van der Waals surface area contributed by atoms with Crippen LogP contribution in [0.4, 0.5) is 17.6 Å². The zero-order chi connectivity index (χ0) is 30.0. The third-order valence-corrected chi connectivity index (χ3v) is 9.42. The Hall–Kier alpha value is -3.89. The highest BCUT2D eigenvalue weighted by Crippen LogP contribution is 2.65. The molecule has 0 saturated heterocycles. The molecule has 11 heteroatoms. The van der Waals surface area contributed by atoms with Crippen molar-refractivity contribution in [3.63, 3.8) is 0 Å². The summed E-state index contributed by atoms with van der Waals surface area (Å²) < 4.78 is 67.0. The van der Waals surface area contributed by atoms with Gasteiger partial charge in [0, 0.05) is 23.4 Å². The maximum atomic E-state index is 13.8. The summed E-state index contributed by atoms with van der Waals surface area (Å²) in [6.07, 6.45) is 1.86. The highest BCUT2D eigenvalue weighted by molar-refractivity contribution is 5.70. The fourth-order valence-corrected chi connectivity index (χ4v) is 8.25. The van der Waals surface area contributed by atoms with Crippen molar-refractivity contribution in [3.05, 3.63) is 76.1 Å². The number of ether oxygens (including phenoxy) is 2. The van der Waals surface area contributed by atoms with Gasteiger partial charge >= 0.3 is 12.2 Å². The number of aromatic amines is 1. The number of halogens is 4. The molecule has 4 aliphatic carbocycles. The Kier molecular flexibility index (Phi) is 6.55. The molecule has 4 bridgehead atoms. The number of nitrogens with one attached hydrogen (secondary N) is 1. The number of nitrogens with zero attached hydrogens (tertiary/aromatic N) is 3. The largest absolute Gasteiger partial charge is 0.493 e. The minimum absolute atomic E-state index is 0.0551. The first-order valence-electron chi connectivity index (χ1n) is 14.8. The van der Waals surface area contributed by atoms with Gasteiger partial charge in [-0.15, -0.1) is 0 Å². The van der Waals surface area contributed by atoms with Gasteiger partial charge in [0.05, 0.1) is 12.2 Å². The minimum atomic E-state index is -4.43. The van der Waals surface area contributed by atoms with E-state index in [1.807, 2.05) is 6.92 Å². The molecular formula is C32H32F4N4O3. The van der Waals surface area contributed by atoms with Crippen LogP contribution in [0.25, 0.3) is 11.2 Å². The van der Waals surface area contributed by atoms with Gasteiger partial charge in [0.25, 0.3) is 5.56 Å². The van der Waals surface area contributed by atoms with E-state index in [4.69, 9.17) is 14.5 Å². The first-order chi connectivity index (χ1) is 20.5. The molecule has 43 heavy (non-hydrogen) atoms. The molecule has 2 atom stereocenters. The Morgan fingerprint density at radius 3 is 2.49 bits per heavy atom. The molecule has 2 aromatic carbocycles. The number of fused-ring (bicyclic) bond motifs is 1. The number of imidazole rings is 1. The monoisotopic (exact) mass is 596 g/mol. The molecule has 4 aliphatic rings. The van der Waals surface area contributed by atoms with Gasteiger partial charge in [0.1, 0.15) is 23.1 Å². The van der Waals surface area contributed by atoms with Gasteiger partial charge in [-0.3, -0.25) is 9.36 Å². The first kappa shape index (κ1) is 27.9. The summed E-state index contributed by atoms with van der Waals surface area (Å²) >= 11 is 0. The number of alkyl halides is 3. The van der Waals surface area contributed by atoms with Crippen molar-refractivity contribution in [1.29, 1.82) is 0 Å². The van der Waals surface area contributed by atoms with Crippen molar-refractivity contribution in [3.8, 4) is 17.5 Å².